The van der Waals surface area contributed by atoms with E-state index in [1.54, 1.807) is 0 Å². The van der Waals surface area contributed by atoms with E-state index in [1.807, 2.05) is 6.92 Å². The van der Waals surface area contributed by atoms with Gasteiger partial charge in [-0.1, -0.05) is 38.3 Å². The first-order valence-corrected chi connectivity index (χ1v) is 4.90. The van der Waals surface area contributed by atoms with Gasteiger partial charge in [-0.25, -0.2) is 0 Å². The Morgan fingerprint density at radius 3 is 2.25 bits per heavy atom. The van der Waals surface area contributed by atoms with Gasteiger partial charge in [0.25, 0.3) is 0 Å². The van der Waals surface area contributed by atoms with Crippen molar-refractivity contribution in [2.45, 2.75) is 52.1 Å². The van der Waals surface area contributed by atoms with Crippen LogP contribution in [0.5, 0.6) is 0 Å². The number of hydrogen-bond acceptors (Lipinski definition) is 1. The molecule has 1 heteroatoms. The highest BCUT2D eigenvalue weighted by Crippen LogP contribution is 2.40. The molecule has 0 bridgehead atoms. The first-order valence-electron chi connectivity index (χ1n) is 4.90. The van der Waals surface area contributed by atoms with Gasteiger partial charge in [-0.15, -0.1) is 0 Å². The zero-order valence-electron chi connectivity index (χ0n) is 8.27. The standard InChI is InChI=1S/C11H20O/c1-9(2)10(12)11(3)7-5-4-6-8-11/h10,12H,1,4-8H2,2-3H3. The molecule has 1 unspecified atom stereocenters. The fraction of sp³-hybridized carbons (Fsp3) is 0.818. The third kappa shape index (κ3) is 1.89. The lowest BCUT2D eigenvalue weighted by molar-refractivity contribution is 0.0361. The van der Waals surface area contributed by atoms with Crippen molar-refractivity contribution in [3.63, 3.8) is 0 Å². The Labute approximate surface area is 75.5 Å². The molecule has 1 atom stereocenters. The van der Waals surface area contributed by atoms with E-state index in [2.05, 4.69) is 13.5 Å². The van der Waals surface area contributed by atoms with Crippen molar-refractivity contribution >= 4 is 0 Å². The topological polar surface area (TPSA) is 20.2 Å². The van der Waals surface area contributed by atoms with Crippen molar-refractivity contribution in [3.05, 3.63) is 12.2 Å². The highest BCUT2D eigenvalue weighted by atomic mass is 16.3. The monoisotopic (exact) mass is 168 g/mol. The Balaban J connectivity index is 2.62. The summed E-state index contributed by atoms with van der Waals surface area (Å²) in [5.74, 6) is 0. The van der Waals surface area contributed by atoms with Crippen LogP contribution in [0.1, 0.15) is 46.0 Å². The average molecular weight is 168 g/mol. The van der Waals surface area contributed by atoms with Crippen molar-refractivity contribution in [1.29, 1.82) is 0 Å². The molecule has 1 saturated carbocycles. The van der Waals surface area contributed by atoms with E-state index in [4.69, 9.17) is 0 Å². The molecular weight excluding hydrogens is 148 g/mol. The molecular formula is C11H20O. The van der Waals surface area contributed by atoms with Crippen LogP contribution in [0.2, 0.25) is 0 Å². The van der Waals surface area contributed by atoms with Gasteiger partial charge in [0.15, 0.2) is 0 Å². The molecule has 1 aliphatic carbocycles. The molecule has 0 aliphatic heterocycles. The van der Waals surface area contributed by atoms with Crippen LogP contribution in [0.15, 0.2) is 12.2 Å². The molecule has 0 saturated heterocycles. The molecule has 1 fully saturated rings. The SMILES string of the molecule is C=C(C)C(O)C1(C)CCCCC1. The molecule has 1 aliphatic rings. The third-order valence-electron chi connectivity index (χ3n) is 3.12. The van der Waals surface area contributed by atoms with Crippen molar-refractivity contribution in [3.8, 4) is 0 Å². The number of rotatable bonds is 2. The summed E-state index contributed by atoms with van der Waals surface area (Å²) < 4.78 is 0. The zero-order chi connectivity index (χ0) is 9.19. The summed E-state index contributed by atoms with van der Waals surface area (Å²) in [7, 11) is 0. The molecule has 0 spiro atoms. The van der Waals surface area contributed by atoms with Gasteiger partial charge in [-0.3, -0.25) is 0 Å². The van der Waals surface area contributed by atoms with Crippen LogP contribution in [-0.2, 0) is 0 Å². The van der Waals surface area contributed by atoms with Crippen LogP contribution in [-0.4, -0.2) is 11.2 Å². The Morgan fingerprint density at radius 2 is 1.83 bits per heavy atom. The average Bonchev–Trinajstić information content (AvgIpc) is 2.04. The van der Waals surface area contributed by atoms with Gasteiger partial charge in [0.2, 0.25) is 0 Å². The second-order valence-corrected chi connectivity index (χ2v) is 4.46. The van der Waals surface area contributed by atoms with Gasteiger partial charge in [0.05, 0.1) is 6.10 Å². The molecule has 0 heterocycles. The summed E-state index contributed by atoms with van der Waals surface area (Å²) in [4.78, 5) is 0. The van der Waals surface area contributed by atoms with Gasteiger partial charge in [-0.05, 0) is 25.2 Å². The summed E-state index contributed by atoms with van der Waals surface area (Å²) in [5.41, 5.74) is 1.03. The molecule has 0 aromatic heterocycles. The normalized spacial score (nSPS) is 24.9. The Bertz CT molecular complexity index is 166. The summed E-state index contributed by atoms with van der Waals surface area (Å²) >= 11 is 0. The van der Waals surface area contributed by atoms with E-state index in [-0.39, 0.29) is 11.5 Å². The molecule has 0 radical (unpaired) electrons. The lowest BCUT2D eigenvalue weighted by atomic mass is 9.70. The predicted molar refractivity (Wildman–Crippen MR) is 52.0 cm³/mol. The first-order chi connectivity index (χ1) is 5.56. The fourth-order valence-electron chi connectivity index (χ4n) is 2.23. The lowest BCUT2D eigenvalue weighted by Gasteiger charge is -2.38. The van der Waals surface area contributed by atoms with E-state index < -0.39 is 0 Å². The van der Waals surface area contributed by atoms with Gasteiger partial charge < -0.3 is 5.11 Å². The maximum absolute atomic E-state index is 9.91. The second kappa shape index (κ2) is 3.61. The molecule has 70 valence electrons. The highest BCUT2D eigenvalue weighted by Gasteiger charge is 2.34. The maximum Gasteiger partial charge on any atom is 0.0798 e. The molecule has 0 amide bonds. The summed E-state index contributed by atoms with van der Waals surface area (Å²) in [5, 5.41) is 9.91. The largest absolute Gasteiger partial charge is 0.388 e. The molecule has 12 heavy (non-hydrogen) atoms. The molecule has 0 aromatic carbocycles. The lowest BCUT2D eigenvalue weighted by Crippen LogP contribution is -2.34. The molecule has 1 nitrogen and oxygen atoms in total. The van der Waals surface area contributed by atoms with E-state index in [0.717, 1.165) is 18.4 Å². The van der Waals surface area contributed by atoms with E-state index in [1.165, 1.54) is 19.3 Å². The van der Waals surface area contributed by atoms with Crippen LogP contribution in [0.25, 0.3) is 0 Å². The smallest absolute Gasteiger partial charge is 0.0798 e. The Morgan fingerprint density at radius 1 is 1.33 bits per heavy atom. The number of aliphatic hydroxyl groups is 1. The van der Waals surface area contributed by atoms with Crippen molar-refractivity contribution in [2.24, 2.45) is 5.41 Å². The summed E-state index contributed by atoms with van der Waals surface area (Å²) in [6, 6.07) is 0. The fourth-order valence-corrected chi connectivity index (χ4v) is 2.23. The molecule has 0 aromatic rings. The number of hydrogen-bond donors (Lipinski definition) is 1. The van der Waals surface area contributed by atoms with Crippen LogP contribution in [0.3, 0.4) is 0 Å². The summed E-state index contributed by atoms with van der Waals surface area (Å²) in [6.07, 6.45) is 5.88. The van der Waals surface area contributed by atoms with E-state index in [9.17, 15) is 5.11 Å². The first kappa shape index (κ1) is 9.79. The highest BCUT2D eigenvalue weighted by molar-refractivity contribution is 5.05. The van der Waals surface area contributed by atoms with Crippen molar-refractivity contribution < 1.29 is 5.11 Å². The molecule has 1 rings (SSSR count). The second-order valence-electron chi connectivity index (χ2n) is 4.46. The minimum absolute atomic E-state index is 0.115. The third-order valence-corrected chi connectivity index (χ3v) is 3.12. The quantitative estimate of drug-likeness (QED) is 0.629. The van der Waals surface area contributed by atoms with Gasteiger partial charge in [0.1, 0.15) is 0 Å². The maximum atomic E-state index is 9.91. The van der Waals surface area contributed by atoms with Crippen LogP contribution in [0.4, 0.5) is 0 Å². The van der Waals surface area contributed by atoms with Crippen molar-refractivity contribution in [1.82, 2.24) is 0 Å². The zero-order valence-corrected chi connectivity index (χ0v) is 8.27. The Hall–Kier alpha value is -0.300. The van der Waals surface area contributed by atoms with Gasteiger partial charge >= 0.3 is 0 Å². The van der Waals surface area contributed by atoms with E-state index >= 15 is 0 Å². The van der Waals surface area contributed by atoms with Crippen molar-refractivity contribution in [2.75, 3.05) is 0 Å². The van der Waals surface area contributed by atoms with E-state index in [0.29, 0.717) is 0 Å². The van der Waals surface area contributed by atoms with Crippen LogP contribution in [0, 0.1) is 5.41 Å². The van der Waals surface area contributed by atoms with Gasteiger partial charge in [0, 0.05) is 0 Å². The minimum Gasteiger partial charge on any atom is -0.388 e. The van der Waals surface area contributed by atoms with Crippen LogP contribution >= 0.6 is 0 Å². The number of aliphatic hydroxyl groups excluding tert-OH is 1. The Kier molecular flexibility index (Phi) is 2.94. The van der Waals surface area contributed by atoms with Gasteiger partial charge in [-0.2, -0.15) is 0 Å². The summed E-state index contributed by atoms with van der Waals surface area (Å²) in [6.45, 7) is 7.93. The predicted octanol–water partition coefficient (Wildman–Crippen LogP) is 2.89. The minimum atomic E-state index is -0.294. The van der Waals surface area contributed by atoms with Crippen LogP contribution < -0.4 is 0 Å². The molecule has 1 N–H and O–H groups in total.